The SMILES string of the molecule is Cc1cc(NCC(C)CCO)ncn1. The molecule has 0 saturated carbocycles. The van der Waals surface area contributed by atoms with Crippen LogP contribution in [0, 0.1) is 12.8 Å². The molecule has 1 unspecified atom stereocenters. The monoisotopic (exact) mass is 195 g/mol. The molecule has 78 valence electrons. The number of hydrogen-bond donors (Lipinski definition) is 2. The van der Waals surface area contributed by atoms with E-state index in [4.69, 9.17) is 5.11 Å². The smallest absolute Gasteiger partial charge is 0.129 e. The molecule has 0 bridgehead atoms. The number of aryl methyl sites for hydroxylation is 1. The van der Waals surface area contributed by atoms with Gasteiger partial charge in [-0.2, -0.15) is 0 Å². The van der Waals surface area contributed by atoms with Gasteiger partial charge in [0.1, 0.15) is 12.1 Å². The number of hydrogen-bond acceptors (Lipinski definition) is 4. The summed E-state index contributed by atoms with van der Waals surface area (Å²) in [7, 11) is 0. The Morgan fingerprint density at radius 3 is 2.93 bits per heavy atom. The molecular formula is C10H17N3O. The van der Waals surface area contributed by atoms with E-state index in [1.807, 2.05) is 13.0 Å². The van der Waals surface area contributed by atoms with Crippen molar-refractivity contribution in [1.29, 1.82) is 0 Å². The maximum absolute atomic E-state index is 8.72. The van der Waals surface area contributed by atoms with E-state index >= 15 is 0 Å². The Bertz CT molecular complexity index is 278. The molecule has 1 atom stereocenters. The van der Waals surface area contributed by atoms with Gasteiger partial charge in [0.25, 0.3) is 0 Å². The van der Waals surface area contributed by atoms with Crippen LogP contribution in [0.25, 0.3) is 0 Å². The number of nitrogens with zero attached hydrogens (tertiary/aromatic N) is 2. The molecule has 0 saturated heterocycles. The van der Waals surface area contributed by atoms with E-state index in [1.165, 1.54) is 0 Å². The van der Waals surface area contributed by atoms with Crippen molar-refractivity contribution in [3.05, 3.63) is 18.1 Å². The summed E-state index contributed by atoms with van der Waals surface area (Å²) in [6, 6.07) is 1.91. The number of anilines is 1. The zero-order chi connectivity index (χ0) is 10.4. The van der Waals surface area contributed by atoms with Crippen LogP contribution in [0.3, 0.4) is 0 Å². The topological polar surface area (TPSA) is 58.0 Å². The van der Waals surface area contributed by atoms with E-state index < -0.39 is 0 Å². The van der Waals surface area contributed by atoms with Crippen LogP contribution in [-0.2, 0) is 0 Å². The standard InChI is InChI=1S/C10H17N3O/c1-8(3-4-14)6-11-10-5-9(2)12-7-13-10/h5,7-8,14H,3-4,6H2,1-2H3,(H,11,12,13). The van der Waals surface area contributed by atoms with Crippen LogP contribution in [0.15, 0.2) is 12.4 Å². The summed E-state index contributed by atoms with van der Waals surface area (Å²) in [5, 5.41) is 11.9. The third-order valence-electron chi connectivity index (χ3n) is 2.06. The van der Waals surface area contributed by atoms with Gasteiger partial charge in [-0.25, -0.2) is 9.97 Å². The Labute approximate surface area is 84.4 Å². The number of aliphatic hydroxyl groups excluding tert-OH is 1. The molecular weight excluding hydrogens is 178 g/mol. The van der Waals surface area contributed by atoms with Gasteiger partial charge < -0.3 is 10.4 Å². The summed E-state index contributed by atoms with van der Waals surface area (Å²) in [5.74, 6) is 1.30. The lowest BCUT2D eigenvalue weighted by Gasteiger charge is -2.11. The second kappa shape index (κ2) is 5.54. The second-order valence-electron chi connectivity index (χ2n) is 3.54. The Morgan fingerprint density at radius 1 is 1.50 bits per heavy atom. The highest BCUT2D eigenvalue weighted by atomic mass is 16.3. The van der Waals surface area contributed by atoms with Gasteiger partial charge in [0, 0.05) is 24.9 Å². The van der Waals surface area contributed by atoms with Crippen LogP contribution >= 0.6 is 0 Å². The molecule has 2 N–H and O–H groups in total. The molecule has 0 aliphatic rings. The van der Waals surface area contributed by atoms with Crippen molar-refractivity contribution in [3.8, 4) is 0 Å². The van der Waals surface area contributed by atoms with Crippen molar-refractivity contribution < 1.29 is 5.11 Å². The molecule has 4 heteroatoms. The summed E-state index contributed by atoms with van der Waals surface area (Å²) < 4.78 is 0. The van der Waals surface area contributed by atoms with Crippen LogP contribution in [0.2, 0.25) is 0 Å². The first-order chi connectivity index (χ1) is 6.72. The zero-order valence-electron chi connectivity index (χ0n) is 8.70. The van der Waals surface area contributed by atoms with Crippen LogP contribution in [0.4, 0.5) is 5.82 Å². The fraction of sp³-hybridized carbons (Fsp3) is 0.600. The van der Waals surface area contributed by atoms with Gasteiger partial charge >= 0.3 is 0 Å². The number of rotatable bonds is 5. The molecule has 0 spiro atoms. The first kappa shape index (κ1) is 10.9. The third-order valence-corrected chi connectivity index (χ3v) is 2.06. The molecule has 14 heavy (non-hydrogen) atoms. The van der Waals surface area contributed by atoms with E-state index in [0.29, 0.717) is 5.92 Å². The van der Waals surface area contributed by atoms with Crippen molar-refractivity contribution in [2.24, 2.45) is 5.92 Å². The molecule has 4 nitrogen and oxygen atoms in total. The van der Waals surface area contributed by atoms with Crippen molar-refractivity contribution in [2.45, 2.75) is 20.3 Å². The minimum absolute atomic E-state index is 0.242. The van der Waals surface area contributed by atoms with Crippen LogP contribution < -0.4 is 5.32 Å². The normalized spacial score (nSPS) is 12.5. The number of aliphatic hydroxyl groups is 1. The fourth-order valence-corrected chi connectivity index (χ4v) is 1.15. The van der Waals surface area contributed by atoms with E-state index in [2.05, 4.69) is 22.2 Å². The highest BCUT2D eigenvalue weighted by molar-refractivity contribution is 5.34. The van der Waals surface area contributed by atoms with Gasteiger partial charge in [0.2, 0.25) is 0 Å². The van der Waals surface area contributed by atoms with Crippen molar-refractivity contribution in [1.82, 2.24) is 9.97 Å². The summed E-state index contributed by atoms with van der Waals surface area (Å²) in [6.07, 6.45) is 2.37. The molecule has 1 aromatic heterocycles. The summed E-state index contributed by atoms with van der Waals surface area (Å²) in [6.45, 7) is 5.10. The Morgan fingerprint density at radius 2 is 2.29 bits per heavy atom. The fourth-order valence-electron chi connectivity index (χ4n) is 1.15. The van der Waals surface area contributed by atoms with Crippen LogP contribution in [-0.4, -0.2) is 28.2 Å². The van der Waals surface area contributed by atoms with Gasteiger partial charge in [-0.3, -0.25) is 0 Å². The van der Waals surface area contributed by atoms with Crippen LogP contribution in [0.5, 0.6) is 0 Å². The third kappa shape index (κ3) is 3.70. The maximum atomic E-state index is 8.72. The lowest BCUT2D eigenvalue weighted by molar-refractivity contribution is 0.266. The Kier molecular flexibility index (Phi) is 4.32. The van der Waals surface area contributed by atoms with Gasteiger partial charge in [0.15, 0.2) is 0 Å². The molecule has 0 aliphatic carbocycles. The average molecular weight is 195 g/mol. The quantitative estimate of drug-likeness (QED) is 0.741. The van der Waals surface area contributed by atoms with Gasteiger partial charge in [-0.1, -0.05) is 6.92 Å². The molecule has 1 rings (SSSR count). The molecule has 0 aromatic carbocycles. The second-order valence-corrected chi connectivity index (χ2v) is 3.54. The highest BCUT2D eigenvalue weighted by Gasteiger charge is 2.01. The molecule has 0 aliphatic heterocycles. The molecule has 1 heterocycles. The van der Waals surface area contributed by atoms with Crippen molar-refractivity contribution in [3.63, 3.8) is 0 Å². The highest BCUT2D eigenvalue weighted by Crippen LogP contribution is 2.06. The predicted octanol–water partition coefficient (Wildman–Crippen LogP) is 1.22. The number of aromatic nitrogens is 2. The van der Waals surface area contributed by atoms with E-state index in [9.17, 15) is 0 Å². The minimum Gasteiger partial charge on any atom is -0.396 e. The van der Waals surface area contributed by atoms with Crippen molar-refractivity contribution >= 4 is 5.82 Å². The van der Waals surface area contributed by atoms with E-state index in [1.54, 1.807) is 6.33 Å². The average Bonchev–Trinajstić information content (AvgIpc) is 2.15. The van der Waals surface area contributed by atoms with E-state index in [0.717, 1.165) is 24.5 Å². The minimum atomic E-state index is 0.242. The molecule has 0 amide bonds. The van der Waals surface area contributed by atoms with Gasteiger partial charge in [-0.05, 0) is 19.3 Å². The Hall–Kier alpha value is -1.16. The van der Waals surface area contributed by atoms with Gasteiger partial charge in [0.05, 0.1) is 0 Å². The largest absolute Gasteiger partial charge is 0.396 e. The summed E-state index contributed by atoms with van der Waals surface area (Å²) >= 11 is 0. The Balaban J connectivity index is 2.37. The molecule has 1 aromatic rings. The van der Waals surface area contributed by atoms with E-state index in [-0.39, 0.29) is 6.61 Å². The summed E-state index contributed by atoms with van der Waals surface area (Å²) in [5.41, 5.74) is 0.956. The first-order valence-electron chi connectivity index (χ1n) is 4.85. The van der Waals surface area contributed by atoms with Crippen LogP contribution in [0.1, 0.15) is 19.0 Å². The summed E-state index contributed by atoms with van der Waals surface area (Å²) in [4.78, 5) is 8.10. The lowest BCUT2D eigenvalue weighted by Crippen LogP contribution is -2.13. The maximum Gasteiger partial charge on any atom is 0.129 e. The predicted molar refractivity (Wildman–Crippen MR) is 56.1 cm³/mol. The van der Waals surface area contributed by atoms with Crippen molar-refractivity contribution in [2.75, 3.05) is 18.5 Å². The zero-order valence-corrected chi connectivity index (χ0v) is 8.70. The number of nitrogens with one attached hydrogen (secondary N) is 1. The first-order valence-corrected chi connectivity index (χ1v) is 4.85. The molecule has 0 radical (unpaired) electrons. The van der Waals surface area contributed by atoms with Gasteiger partial charge in [-0.15, -0.1) is 0 Å². The molecule has 0 fully saturated rings. The lowest BCUT2D eigenvalue weighted by atomic mass is 10.1.